The maximum Gasteiger partial charge on any atom is 0.0920 e. The van der Waals surface area contributed by atoms with Crippen molar-refractivity contribution >= 4 is 0 Å². The molecule has 0 amide bonds. The van der Waals surface area contributed by atoms with Crippen molar-refractivity contribution in [1.29, 1.82) is 0 Å². The van der Waals surface area contributed by atoms with Gasteiger partial charge >= 0.3 is 0 Å². The molecular weight excluding hydrogens is 240 g/mol. The molecule has 3 heteroatoms. The number of hydrogen-bond donors (Lipinski definition) is 0. The van der Waals surface area contributed by atoms with Gasteiger partial charge in [-0.3, -0.25) is 0 Å². The van der Waals surface area contributed by atoms with Gasteiger partial charge < -0.3 is 14.2 Å². The fraction of sp³-hybridized carbons (Fsp3) is 0.875. The Morgan fingerprint density at radius 1 is 1.16 bits per heavy atom. The van der Waals surface area contributed by atoms with Crippen LogP contribution in [0.1, 0.15) is 51.9 Å². The van der Waals surface area contributed by atoms with E-state index in [0.717, 1.165) is 45.7 Å². The first-order valence-electron chi connectivity index (χ1n) is 7.75. The summed E-state index contributed by atoms with van der Waals surface area (Å²) < 4.78 is 16.5. The predicted octanol–water partition coefficient (Wildman–Crippen LogP) is 3.93. The van der Waals surface area contributed by atoms with Crippen molar-refractivity contribution in [2.45, 2.75) is 51.9 Å². The molecule has 0 N–H and O–H groups in total. The van der Waals surface area contributed by atoms with Gasteiger partial charge in [-0.1, -0.05) is 19.8 Å². The highest BCUT2D eigenvalue weighted by Crippen LogP contribution is 2.24. The van der Waals surface area contributed by atoms with Gasteiger partial charge in [-0.2, -0.15) is 0 Å². The summed E-state index contributed by atoms with van der Waals surface area (Å²) in [6, 6.07) is 0. The highest BCUT2D eigenvalue weighted by atomic mass is 16.5. The summed E-state index contributed by atoms with van der Waals surface area (Å²) in [5.41, 5.74) is 0. The van der Waals surface area contributed by atoms with Crippen LogP contribution in [0.3, 0.4) is 0 Å². The molecule has 1 aliphatic carbocycles. The monoisotopic (exact) mass is 270 g/mol. The van der Waals surface area contributed by atoms with E-state index in [-0.39, 0.29) is 0 Å². The van der Waals surface area contributed by atoms with Gasteiger partial charge in [0, 0.05) is 33.4 Å². The molecule has 19 heavy (non-hydrogen) atoms. The van der Waals surface area contributed by atoms with E-state index >= 15 is 0 Å². The van der Waals surface area contributed by atoms with Crippen molar-refractivity contribution in [3.8, 4) is 0 Å². The normalized spacial score (nSPS) is 19.3. The molecule has 0 aromatic heterocycles. The van der Waals surface area contributed by atoms with Crippen LogP contribution >= 0.6 is 0 Å². The van der Waals surface area contributed by atoms with E-state index < -0.39 is 0 Å². The lowest BCUT2D eigenvalue weighted by molar-refractivity contribution is 0.0721. The van der Waals surface area contributed by atoms with E-state index in [1.165, 1.54) is 31.4 Å². The second-order valence-electron chi connectivity index (χ2n) is 5.29. The third-order valence-electron chi connectivity index (χ3n) is 3.50. The van der Waals surface area contributed by atoms with Crippen molar-refractivity contribution in [2.75, 3.05) is 33.5 Å². The molecule has 3 nitrogen and oxygen atoms in total. The molecule has 0 aromatic rings. The van der Waals surface area contributed by atoms with Gasteiger partial charge in [-0.05, 0) is 37.7 Å². The molecule has 0 fully saturated rings. The van der Waals surface area contributed by atoms with Crippen molar-refractivity contribution < 1.29 is 14.2 Å². The van der Waals surface area contributed by atoms with Crippen LogP contribution in [0, 0.1) is 5.92 Å². The van der Waals surface area contributed by atoms with E-state index in [1.54, 1.807) is 7.11 Å². The molecule has 0 radical (unpaired) electrons. The minimum absolute atomic E-state index is 0.672. The van der Waals surface area contributed by atoms with Crippen molar-refractivity contribution in [3.63, 3.8) is 0 Å². The largest absolute Gasteiger partial charge is 0.498 e. The van der Waals surface area contributed by atoms with Gasteiger partial charge in [0.1, 0.15) is 0 Å². The number of methoxy groups -OCH3 is 1. The summed E-state index contributed by atoms with van der Waals surface area (Å²) in [5.74, 6) is 1.87. The van der Waals surface area contributed by atoms with Gasteiger partial charge in [0.25, 0.3) is 0 Å². The Morgan fingerprint density at radius 3 is 2.74 bits per heavy atom. The van der Waals surface area contributed by atoms with Gasteiger partial charge in [0.05, 0.1) is 12.4 Å². The standard InChI is InChI=1S/C16H30O3/c1-3-4-5-13-19-16-9-7-15(8-10-16)14-18-12-6-11-17-2/h9,15H,3-8,10-14H2,1-2H3. The predicted molar refractivity (Wildman–Crippen MR) is 78.2 cm³/mol. The summed E-state index contributed by atoms with van der Waals surface area (Å²) in [6.07, 6.45) is 10.3. The molecule has 1 aliphatic rings. The van der Waals surface area contributed by atoms with Crippen LogP contribution in [0.5, 0.6) is 0 Å². The van der Waals surface area contributed by atoms with E-state index in [4.69, 9.17) is 14.2 Å². The van der Waals surface area contributed by atoms with Gasteiger partial charge in [-0.15, -0.1) is 0 Å². The fourth-order valence-corrected chi connectivity index (χ4v) is 2.26. The Kier molecular flexibility index (Phi) is 9.82. The zero-order chi connectivity index (χ0) is 13.8. The van der Waals surface area contributed by atoms with Crippen molar-refractivity contribution in [1.82, 2.24) is 0 Å². The molecule has 0 saturated heterocycles. The summed E-state index contributed by atoms with van der Waals surface area (Å²) in [4.78, 5) is 0. The number of allylic oxidation sites excluding steroid dienone is 2. The maximum absolute atomic E-state index is 5.79. The van der Waals surface area contributed by atoms with Gasteiger partial charge in [-0.25, -0.2) is 0 Å². The molecule has 0 bridgehead atoms. The smallest absolute Gasteiger partial charge is 0.0920 e. The Balaban J connectivity index is 2.01. The van der Waals surface area contributed by atoms with Crippen LogP contribution in [0.25, 0.3) is 0 Å². The lowest BCUT2D eigenvalue weighted by atomic mass is 9.94. The summed E-state index contributed by atoms with van der Waals surface area (Å²) in [7, 11) is 1.73. The van der Waals surface area contributed by atoms with Gasteiger partial charge in [0.15, 0.2) is 0 Å². The van der Waals surface area contributed by atoms with E-state index in [9.17, 15) is 0 Å². The van der Waals surface area contributed by atoms with Crippen molar-refractivity contribution in [3.05, 3.63) is 11.8 Å². The third kappa shape index (κ3) is 8.27. The number of unbranched alkanes of at least 4 members (excludes halogenated alkanes) is 2. The Morgan fingerprint density at radius 2 is 2.05 bits per heavy atom. The van der Waals surface area contributed by atoms with Crippen LogP contribution in [0.2, 0.25) is 0 Å². The zero-order valence-electron chi connectivity index (χ0n) is 12.7. The molecule has 1 atom stereocenters. The second-order valence-corrected chi connectivity index (χ2v) is 5.29. The minimum atomic E-state index is 0.672. The molecule has 0 saturated carbocycles. The molecule has 0 heterocycles. The third-order valence-corrected chi connectivity index (χ3v) is 3.50. The highest BCUT2D eigenvalue weighted by molar-refractivity contribution is 4.99. The molecule has 0 aromatic carbocycles. The first-order valence-corrected chi connectivity index (χ1v) is 7.75. The molecule has 1 rings (SSSR count). The Bertz CT molecular complexity index is 238. The van der Waals surface area contributed by atoms with E-state index in [2.05, 4.69) is 13.0 Å². The lowest BCUT2D eigenvalue weighted by Gasteiger charge is -2.22. The average Bonchev–Trinajstić information content (AvgIpc) is 2.45. The molecule has 0 aliphatic heterocycles. The number of ether oxygens (including phenoxy) is 3. The van der Waals surface area contributed by atoms with Crippen LogP contribution in [0.15, 0.2) is 11.8 Å². The first kappa shape index (κ1) is 16.5. The highest BCUT2D eigenvalue weighted by Gasteiger charge is 2.15. The van der Waals surface area contributed by atoms with Gasteiger partial charge in [0.2, 0.25) is 0 Å². The van der Waals surface area contributed by atoms with Crippen molar-refractivity contribution in [2.24, 2.45) is 5.92 Å². The van der Waals surface area contributed by atoms with Crippen LogP contribution < -0.4 is 0 Å². The molecule has 112 valence electrons. The zero-order valence-corrected chi connectivity index (χ0v) is 12.7. The summed E-state index contributed by atoms with van der Waals surface area (Å²) in [6.45, 7) is 5.59. The van der Waals surface area contributed by atoms with Crippen LogP contribution in [-0.2, 0) is 14.2 Å². The Hall–Kier alpha value is -0.540. The topological polar surface area (TPSA) is 27.7 Å². The van der Waals surface area contributed by atoms with Crippen LogP contribution in [0.4, 0.5) is 0 Å². The first-order chi connectivity index (χ1) is 9.36. The van der Waals surface area contributed by atoms with Crippen LogP contribution in [-0.4, -0.2) is 33.5 Å². The average molecular weight is 270 g/mol. The SMILES string of the molecule is CCCCCOC1=CCC(COCCCOC)CC1. The summed E-state index contributed by atoms with van der Waals surface area (Å²) >= 11 is 0. The second kappa shape index (κ2) is 11.3. The number of hydrogen-bond acceptors (Lipinski definition) is 3. The minimum Gasteiger partial charge on any atom is -0.498 e. The maximum atomic E-state index is 5.79. The Labute approximate surface area is 118 Å². The quantitative estimate of drug-likeness (QED) is 0.532. The van der Waals surface area contributed by atoms with E-state index in [0.29, 0.717) is 5.92 Å². The molecule has 0 spiro atoms. The molecule has 1 unspecified atom stereocenters. The summed E-state index contributed by atoms with van der Waals surface area (Å²) in [5, 5.41) is 0. The molecular formula is C16H30O3. The van der Waals surface area contributed by atoms with E-state index in [1.807, 2.05) is 0 Å². The fourth-order valence-electron chi connectivity index (χ4n) is 2.26. The lowest BCUT2D eigenvalue weighted by Crippen LogP contribution is -2.14. The number of rotatable bonds is 11.